The molecule has 0 heterocycles. The molecule has 20 heavy (non-hydrogen) atoms. The lowest BCUT2D eigenvalue weighted by atomic mass is 9.77. The first-order valence-corrected chi connectivity index (χ1v) is 6.11. The second-order valence-corrected chi connectivity index (χ2v) is 4.68. The maximum atomic E-state index is 12.2. The van der Waals surface area contributed by atoms with Gasteiger partial charge in [0.15, 0.2) is 0 Å². The third-order valence-corrected chi connectivity index (χ3v) is 3.33. The minimum Gasteiger partial charge on any atom is -0.434 e. The van der Waals surface area contributed by atoms with Gasteiger partial charge in [0.05, 0.1) is 5.54 Å². The molecule has 112 valence electrons. The Kier molecular flexibility index (Phi) is 5.71. The molecule has 0 atom stereocenters. The normalized spacial score (nSPS) is 16.0. The van der Waals surface area contributed by atoms with Crippen LogP contribution in [0.25, 0.3) is 0 Å². The summed E-state index contributed by atoms with van der Waals surface area (Å²) in [6.45, 7) is -2.76. The van der Waals surface area contributed by atoms with Crippen molar-refractivity contribution in [1.29, 1.82) is 0 Å². The van der Waals surface area contributed by atoms with Gasteiger partial charge in [-0.2, -0.15) is 8.78 Å². The Hall–Kier alpha value is -1.40. The second-order valence-electron chi connectivity index (χ2n) is 4.68. The van der Waals surface area contributed by atoms with E-state index in [-0.39, 0.29) is 30.6 Å². The third-order valence-electron chi connectivity index (χ3n) is 3.33. The van der Waals surface area contributed by atoms with Gasteiger partial charge in [0.1, 0.15) is 5.75 Å². The Morgan fingerprint density at radius 2 is 2.05 bits per heavy atom. The summed E-state index contributed by atoms with van der Waals surface area (Å²) in [4.78, 5) is 11.8. The van der Waals surface area contributed by atoms with E-state index in [1.54, 1.807) is 18.2 Å². The summed E-state index contributed by atoms with van der Waals surface area (Å²) in [6.07, 6.45) is 2.26. The van der Waals surface area contributed by atoms with Crippen LogP contribution in [0.5, 0.6) is 5.75 Å². The van der Waals surface area contributed by atoms with Crippen molar-refractivity contribution in [3.05, 3.63) is 29.8 Å². The van der Waals surface area contributed by atoms with Crippen LogP contribution in [0, 0.1) is 0 Å². The first kappa shape index (κ1) is 16.7. The molecule has 0 saturated heterocycles. The fraction of sp³-hybridized carbons (Fsp3) is 0.462. The van der Waals surface area contributed by atoms with Gasteiger partial charge in [0.2, 0.25) is 5.91 Å². The monoisotopic (exact) mass is 306 g/mol. The summed E-state index contributed by atoms with van der Waals surface area (Å²) in [5.74, 6) is -0.178. The minimum absolute atomic E-state index is 0. The molecule has 4 nitrogen and oxygen atoms in total. The second kappa shape index (κ2) is 6.85. The van der Waals surface area contributed by atoms with Crippen LogP contribution in [-0.2, 0) is 11.3 Å². The van der Waals surface area contributed by atoms with Crippen LogP contribution < -0.4 is 15.8 Å². The van der Waals surface area contributed by atoms with Crippen molar-refractivity contribution in [1.82, 2.24) is 5.32 Å². The van der Waals surface area contributed by atoms with Crippen LogP contribution in [0.15, 0.2) is 24.3 Å². The van der Waals surface area contributed by atoms with Gasteiger partial charge in [-0.1, -0.05) is 18.2 Å². The third kappa shape index (κ3) is 3.80. The van der Waals surface area contributed by atoms with Crippen molar-refractivity contribution in [3.8, 4) is 5.75 Å². The SMILES string of the molecule is Cl.NC1(C(=O)NCc2ccccc2OC(F)F)CCC1. The number of benzene rings is 1. The number of alkyl halides is 2. The zero-order valence-electron chi connectivity index (χ0n) is 10.8. The fourth-order valence-electron chi connectivity index (χ4n) is 2.00. The lowest BCUT2D eigenvalue weighted by molar-refractivity contribution is -0.129. The lowest BCUT2D eigenvalue weighted by Gasteiger charge is -2.36. The van der Waals surface area contributed by atoms with E-state index in [9.17, 15) is 13.6 Å². The van der Waals surface area contributed by atoms with E-state index in [2.05, 4.69) is 10.1 Å². The molecule has 1 saturated carbocycles. The molecule has 1 amide bonds. The highest BCUT2D eigenvalue weighted by molar-refractivity contribution is 5.87. The molecule has 0 aliphatic heterocycles. The van der Waals surface area contributed by atoms with E-state index >= 15 is 0 Å². The minimum atomic E-state index is -2.88. The molecule has 3 N–H and O–H groups in total. The maximum Gasteiger partial charge on any atom is 0.387 e. The van der Waals surface area contributed by atoms with E-state index in [1.165, 1.54) is 6.07 Å². The number of halogens is 3. The van der Waals surface area contributed by atoms with Gasteiger partial charge in [-0.15, -0.1) is 12.4 Å². The number of para-hydroxylation sites is 1. The van der Waals surface area contributed by atoms with E-state index in [0.717, 1.165) is 6.42 Å². The Morgan fingerprint density at radius 1 is 1.40 bits per heavy atom. The summed E-state index contributed by atoms with van der Waals surface area (Å²) in [6, 6.07) is 6.36. The Balaban J connectivity index is 0.00000200. The molecule has 0 spiro atoms. The smallest absolute Gasteiger partial charge is 0.387 e. The molecule has 1 aliphatic rings. The number of amides is 1. The average Bonchev–Trinajstić information content (AvgIpc) is 2.34. The topological polar surface area (TPSA) is 64.4 Å². The first-order valence-electron chi connectivity index (χ1n) is 6.11. The van der Waals surface area contributed by atoms with Gasteiger partial charge in [-0.25, -0.2) is 0 Å². The highest BCUT2D eigenvalue weighted by Crippen LogP contribution is 2.29. The number of rotatable bonds is 5. The van der Waals surface area contributed by atoms with Crippen molar-refractivity contribution in [2.45, 2.75) is 38.0 Å². The summed E-state index contributed by atoms with van der Waals surface area (Å²) >= 11 is 0. The standard InChI is InChI=1S/C13H16F2N2O2.ClH/c14-12(15)19-10-5-2-1-4-9(10)8-17-11(18)13(16)6-3-7-13;/h1-2,4-5,12H,3,6-8,16H2,(H,17,18);1H. The van der Waals surface area contributed by atoms with Crippen molar-refractivity contribution in [3.63, 3.8) is 0 Å². The van der Waals surface area contributed by atoms with Gasteiger partial charge in [-0.05, 0) is 25.3 Å². The van der Waals surface area contributed by atoms with Gasteiger partial charge < -0.3 is 15.8 Å². The van der Waals surface area contributed by atoms with Crippen LogP contribution in [-0.4, -0.2) is 18.1 Å². The molecule has 0 aromatic heterocycles. The molecule has 1 aromatic rings. The number of hydrogen-bond acceptors (Lipinski definition) is 3. The number of carbonyl (C=O) groups excluding carboxylic acids is 1. The summed E-state index contributed by atoms with van der Waals surface area (Å²) in [5.41, 5.74) is 5.57. The van der Waals surface area contributed by atoms with Crippen molar-refractivity contribution >= 4 is 18.3 Å². The quantitative estimate of drug-likeness (QED) is 0.876. The highest BCUT2D eigenvalue weighted by atomic mass is 35.5. The van der Waals surface area contributed by atoms with Gasteiger partial charge in [0, 0.05) is 12.1 Å². The van der Waals surface area contributed by atoms with Crippen molar-refractivity contribution in [2.24, 2.45) is 5.73 Å². The lowest BCUT2D eigenvalue weighted by Crippen LogP contribution is -2.58. The zero-order chi connectivity index (χ0) is 13.9. The molecule has 0 bridgehead atoms. The first-order chi connectivity index (χ1) is 9.01. The molecule has 7 heteroatoms. The number of ether oxygens (including phenoxy) is 1. The number of carbonyl (C=O) groups is 1. The Bertz CT molecular complexity index is 467. The van der Waals surface area contributed by atoms with Crippen LogP contribution in [0.4, 0.5) is 8.78 Å². The van der Waals surface area contributed by atoms with Gasteiger partial charge >= 0.3 is 6.61 Å². The Labute approximate surface area is 122 Å². The molecule has 0 unspecified atom stereocenters. The number of nitrogens with one attached hydrogen (secondary N) is 1. The predicted octanol–water partition coefficient (Wildman–Crippen LogP) is 2.21. The molecule has 2 rings (SSSR count). The van der Waals surface area contributed by atoms with Crippen molar-refractivity contribution < 1.29 is 18.3 Å². The Morgan fingerprint density at radius 3 is 2.60 bits per heavy atom. The van der Waals surface area contributed by atoms with Crippen LogP contribution in [0.1, 0.15) is 24.8 Å². The van der Waals surface area contributed by atoms with E-state index in [1.807, 2.05) is 0 Å². The largest absolute Gasteiger partial charge is 0.434 e. The number of nitrogens with two attached hydrogens (primary N) is 1. The zero-order valence-corrected chi connectivity index (χ0v) is 11.6. The number of hydrogen-bond donors (Lipinski definition) is 2. The van der Waals surface area contributed by atoms with E-state index in [4.69, 9.17) is 5.73 Å². The summed E-state index contributed by atoms with van der Waals surface area (Å²) in [7, 11) is 0. The average molecular weight is 307 g/mol. The molecule has 1 fully saturated rings. The molecule has 1 aromatic carbocycles. The molecule has 0 radical (unpaired) electrons. The predicted molar refractivity (Wildman–Crippen MR) is 72.9 cm³/mol. The molecular weight excluding hydrogens is 290 g/mol. The van der Waals surface area contributed by atoms with Gasteiger partial charge in [-0.3, -0.25) is 4.79 Å². The fourth-order valence-corrected chi connectivity index (χ4v) is 2.00. The molecule has 1 aliphatic carbocycles. The van der Waals surface area contributed by atoms with Gasteiger partial charge in [0.25, 0.3) is 0 Å². The molecular formula is C13H17ClF2N2O2. The highest BCUT2D eigenvalue weighted by Gasteiger charge is 2.39. The summed E-state index contributed by atoms with van der Waals surface area (Å²) in [5, 5.41) is 2.67. The summed E-state index contributed by atoms with van der Waals surface area (Å²) < 4.78 is 28.8. The maximum absolute atomic E-state index is 12.2. The van der Waals surface area contributed by atoms with E-state index in [0.29, 0.717) is 18.4 Å². The van der Waals surface area contributed by atoms with Crippen LogP contribution in [0.3, 0.4) is 0 Å². The van der Waals surface area contributed by atoms with Crippen molar-refractivity contribution in [2.75, 3.05) is 0 Å². The van der Waals surface area contributed by atoms with Crippen LogP contribution >= 0.6 is 12.4 Å². The van der Waals surface area contributed by atoms with E-state index < -0.39 is 12.2 Å². The van der Waals surface area contributed by atoms with Crippen LogP contribution in [0.2, 0.25) is 0 Å².